The number of hydrogen-bond acceptors (Lipinski definition) is 4. The molecule has 1 aromatic rings. The van der Waals surface area contributed by atoms with E-state index in [1.54, 1.807) is 17.0 Å². The van der Waals surface area contributed by atoms with Crippen LogP contribution in [0, 0.1) is 0 Å². The summed E-state index contributed by atoms with van der Waals surface area (Å²) in [5.74, 6) is 5.46. The molecule has 2 amide bonds. The lowest BCUT2D eigenvalue weighted by molar-refractivity contribution is -0.131. The van der Waals surface area contributed by atoms with E-state index in [1.807, 2.05) is 5.43 Å². The Bertz CT molecular complexity index is 442. The summed E-state index contributed by atoms with van der Waals surface area (Å²) >= 11 is 0. The summed E-state index contributed by atoms with van der Waals surface area (Å²) in [6, 6.07) is 3.25. The summed E-state index contributed by atoms with van der Waals surface area (Å²) in [7, 11) is 0. The number of nitrogens with two attached hydrogens (primary N) is 1. The van der Waals surface area contributed by atoms with Crippen LogP contribution in [0.4, 0.5) is 0 Å². The number of rotatable bonds is 3. The maximum atomic E-state index is 11.8. The number of carbonyl (C=O) groups is 2. The van der Waals surface area contributed by atoms with Crippen LogP contribution in [0.1, 0.15) is 42.0 Å². The third-order valence-electron chi connectivity index (χ3n) is 3.03. The van der Waals surface area contributed by atoms with Gasteiger partial charge in [0.05, 0.1) is 6.54 Å². The fourth-order valence-corrected chi connectivity index (χ4v) is 2.05. The van der Waals surface area contributed by atoms with Gasteiger partial charge < -0.3 is 9.32 Å². The summed E-state index contributed by atoms with van der Waals surface area (Å²) in [6.07, 6.45) is 3.65. The number of likely N-dealkylation sites (tertiary alicyclic amines) is 1. The summed E-state index contributed by atoms with van der Waals surface area (Å²) in [5, 5.41) is 0. The number of furan rings is 1. The standard InChI is InChI=1S/C12H17N3O3/c13-14-12(17)10-6-5-9(18-10)8-15-7-3-1-2-4-11(15)16/h5-6H,1-4,7-8,13H2,(H,14,17). The Hall–Kier alpha value is -1.82. The monoisotopic (exact) mass is 251 g/mol. The number of hydrogen-bond donors (Lipinski definition) is 2. The van der Waals surface area contributed by atoms with E-state index in [9.17, 15) is 9.59 Å². The van der Waals surface area contributed by atoms with Gasteiger partial charge in [-0.25, -0.2) is 5.84 Å². The van der Waals surface area contributed by atoms with Crippen molar-refractivity contribution in [2.24, 2.45) is 5.84 Å². The van der Waals surface area contributed by atoms with E-state index < -0.39 is 5.91 Å². The van der Waals surface area contributed by atoms with Crippen molar-refractivity contribution < 1.29 is 14.0 Å². The van der Waals surface area contributed by atoms with Crippen LogP contribution < -0.4 is 11.3 Å². The molecule has 1 aliphatic heterocycles. The smallest absolute Gasteiger partial charge is 0.300 e. The fourth-order valence-electron chi connectivity index (χ4n) is 2.05. The van der Waals surface area contributed by atoms with Gasteiger partial charge in [0, 0.05) is 13.0 Å². The van der Waals surface area contributed by atoms with Crippen molar-refractivity contribution in [2.75, 3.05) is 6.54 Å². The van der Waals surface area contributed by atoms with Crippen LogP contribution in [0.5, 0.6) is 0 Å². The van der Waals surface area contributed by atoms with Gasteiger partial charge in [0.25, 0.3) is 0 Å². The molecule has 2 rings (SSSR count). The molecule has 0 aliphatic carbocycles. The number of hydrazine groups is 1. The maximum absolute atomic E-state index is 11.8. The molecule has 0 bridgehead atoms. The molecule has 2 heterocycles. The fraction of sp³-hybridized carbons (Fsp3) is 0.500. The molecular formula is C12H17N3O3. The number of nitrogens with one attached hydrogen (secondary N) is 1. The summed E-state index contributed by atoms with van der Waals surface area (Å²) < 4.78 is 5.34. The zero-order valence-electron chi connectivity index (χ0n) is 10.1. The largest absolute Gasteiger partial charge is 0.454 e. The molecule has 6 nitrogen and oxygen atoms in total. The maximum Gasteiger partial charge on any atom is 0.300 e. The zero-order chi connectivity index (χ0) is 13.0. The molecule has 98 valence electrons. The first-order valence-electron chi connectivity index (χ1n) is 6.08. The van der Waals surface area contributed by atoms with E-state index in [0.29, 0.717) is 18.7 Å². The molecule has 18 heavy (non-hydrogen) atoms. The minimum atomic E-state index is -0.469. The minimum absolute atomic E-state index is 0.147. The van der Waals surface area contributed by atoms with E-state index >= 15 is 0 Å². The highest BCUT2D eigenvalue weighted by Crippen LogP contribution is 2.16. The molecule has 0 atom stereocenters. The van der Waals surface area contributed by atoms with Crippen LogP contribution in [0.15, 0.2) is 16.5 Å². The molecule has 1 fully saturated rings. The van der Waals surface area contributed by atoms with Crippen LogP contribution in [0.2, 0.25) is 0 Å². The first-order valence-corrected chi connectivity index (χ1v) is 6.08. The molecule has 0 unspecified atom stereocenters. The molecule has 1 saturated heterocycles. The molecule has 6 heteroatoms. The van der Waals surface area contributed by atoms with Gasteiger partial charge in [-0.2, -0.15) is 0 Å². The normalized spacial score (nSPS) is 16.5. The first-order chi connectivity index (χ1) is 8.70. The van der Waals surface area contributed by atoms with Gasteiger partial charge >= 0.3 is 5.91 Å². The van der Waals surface area contributed by atoms with Crippen molar-refractivity contribution in [1.82, 2.24) is 10.3 Å². The van der Waals surface area contributed by atoms with Crippen molar-refractivity contribution in [3.05, 3.63) is 23.7 Å². The van der Waals surface area contributed by atoms with Crippen molar-refractivity contribution in [1.29, 1.82) is 0 Å². The van der Waals surface area contributed by atoms with Gasteiger partial charge in [-0.3, -0.25) is 15.0 Å². The molecule has 1 aromatic heterocycles. The number of amides is 2. The Kier molecular flexibility index (Phi) is 3.99. The lowest BCUT2D eigenvalue weighted by Crippen LogP contribution is -2.30. The highest BCUT2D eigenvalue weighted by Gasteiger charge is 2.18. The van der Waals surface area contributed by atoms with E-state index in [1.165, 1.54) is 0 Å². The van der Waals surface area contributed by atoms with Gasteiger partial charge in [-0.05, 0) is 25.0 Å². The predicted molar refractivity (Wildman–Crippen MR) is 64.2 cm³/mol. The van der Waals surface area contributed by atoms with Crippen molar-refractivity contribution in [2.45, 2.75) is 32.2 Å². The van der Waals surface area contributed by atoms with Gasteiger partial charge in [0.2, 0.25) is 5.91 Å². The predicted octanol–water partition coefficient (Wildman–Crippen LogP) is 0.786. The number of nitrogen functional groups attached to an aromatic ring is 1. The van der Waals surface area contributed by atoms with Gasteiger partial charge in [-0.1, -0.05) is 6.42 Å². The summed E-state index contributed by atoms with van der Waals surface area (Å²) in [6.45, 7) is 1.16. The highest BCUT2D eigenvalue weighted by atomic mass is 16.4. The molecule has 0 spiro atoms. The SMILES string of the molecule is NNC(=O)c1ccc(CN2CCCCCC2=O)o1. The van der Waals surface area contributed by atoms with Crippen LogP contribution in [0.3, 0.4) is 0 Å². The third-order valence-corrected chi connectivity index (χ3v) is 3.03. The van der Waals surface area contributed by atoms with Gasteiger partial charge in [0.15, 0.2) is 5.76 Å². The number of nitrogens with zero attached hydrogens (tertiary/aromatic N) is 1. The Morgan fingerprint density at radius 1 is 1.39 bits per heavy atom. The molecular weight excluding hydrogens is 234 g/mol. The Morgan fingerprint density at radius 3 is 3.00 bits per heavy atom. The summed E-state index contributed by atoms with van der Waals surface area (Å²) in [5.41, 5.74) is 2.00. The lowest BCUT2D eigenvalue weighted by atomic mass is 10.2. The van der Waals surface area contributed by atoms with Crippen LogP contribution >= 0.6 is 0 Å². The Labute approximate surface area is 105 Å². The molecule has 1 aliphatic rings. The van der Waals surface area contributed by atoms with Crippen molar-refractivity contribution >= 4 is 11.8 Å². The Balaban J connectivity index is 2.01. The third kappa shape index (κ3) is 2.89. The molecule has 3 N–H and O–H groups in total. The first kappa shape index (κ1) is 12.6. The zero-order valence-corrected chi connectivity index (χ0v) is 10.1. The second-order valence-electron chi connectivity index (χ2n) is 4.37. The van der Waals surface area contributed by atoms with Gasteiger partial charge in [-0.15, -0.1) is 0 Å². The molecule has 0 radical (unpaired) electrons. The Morgan fingerprint density at radius 2 is 2.22 bits per heavy atom. The average molecular weight is 251 g/mol. The second kappa shape index (κ2) is 5.68. The van der Waals surface area contributed by atoms with E-state index in [-0.39, 0.29) is 11.7 Å². The van der Waals surface area contributed by atoms with Crippen molar-refractivity contribution in [3.8, 4) is 0 Å². The second-order valence-corrected chi connectivity index (χ2v) is 4.37. The van der Waals surface area contributed by atoms with Crippen LogP contribution in [-0.2, 0) is 11.3 Å². The van der Waals surface area contributed by atoms with E-state index in [0.717, 1.165) is 25.8 Å². The minimum Gasteiger partial charge on any atom is -0.454 e. The summed E-state index contributed by atoms with van der Waals surface area (Å²) in [4.78, 5) is 24.8. The van der Waals surface area contributed by atoms with Crippen LogP contribution in [-0.4, -0.2) is 23.3 Å². The van der Waals surface area contributed by atoms with E-state index in [2.05, 4.69) is 0 Å². The average Bonchev–Trinajstić information content (AvgIpc) is 2.75. The van der Waals surface area contributed by atoms with E-state index in [4.69, 9.17) is 10.3 Å². The van der Waals surface area contributed by atoms with Crippen molar-refractivity contribution in [3.63, 3.8) is 0 Å². The highest BCUT2D eigenvalue weighted by molar-refractivity contribution is 5.90. The molecule has 0 saturated carbocycles. The quantitative estimate of drug-likeness (QED) is 0.472. The van der Waals surface area contributed by atoms with Gasteiger partial charge in [0.1, 0.15) is 5.76 Å². The van der Waals surface area contributed by atoms with Crippen LogP contribution in [0.25, 0.3) is 0 Å². The molecule has 0 aromatic carbocycles. The topological polar surface area (TPSA) is 88.6 Å². The lowest BCUT2D eigenvalue weighted by Gasteiger charge is -2.18. The number of carbonyl (C=O) groups excluding carboxylic acids is 2.